The average molecular weight is 408 g/mol. The van der Waals surface area contributed by atoms with Crippen LogP contribution in [0.15, 0.2) is 36.5 Å². The Kier molecular flexibility index (Phi) is 6.49. The molecule has 0 bridgehead atoms. The van der Waals surface area contributed by atoms with Gasteiger partial charge in [0.25, 0.3) is 5.91 Å². The maximum absolute atomic E-state index is 12.9. The van der Waals surface area contributed by atoms with Crippen molar-refractivity contribution in [3.05, 3.63) is 53.3 Å². The Morgan fingerprint density at radius 2 is 1.75 bits per heavy atom. The topological polar surface area (TPSA) is 60.5 Å². The summed E-state index contributed by atoms with van der Waals surface area (Å²) < 4.78 is 86.4. The van der Waals surface area contributed by atoms with Crippen molar-refractivity contribution in [2.75, 3.05) is 25.6 Å². The van der Waals surface area contributed by atoms with Crippen LogP contribution in [0.3, 0.4) is 0 Å². The number of ether oxygens (including phenoxy) is 2. The molecule has 0 unspecified atom stereocenters. The fourth-order valence-corrected chi connectivity index (χ4v) is 2.06. The molecule has 28 heavy (non-hydrogen) atoms. The number of hydrogen-bond acceptors (Lipinski definition) is 4. The summed E-state index contributed by atoms with van der Waals surface area (Å²) in [6, 6.07) is 3.93. The predicted molar refractivity (Wildman–Crippen MR) is 86.0 cm³/mol. The first kappa shape index (κ1) is 21.5. The van der Waals surface area contributed by atoms with E-state index in [1.165, 1.54) is 7.11 Å². The van der Waals surface area contributed by atoms with E-state index in [9.17, 15) is 31.1 Å². The first-order valence-electron chi connectivity index (χ1n) is 7.70. The molecule has 11 heteroatoms. The molecule has 1 aromatic carbocycles. The predicted octanol–water partition coefficient (Wildman–Crippen LogP) is 4.40. The Hall–Kier alpha value is -2.82. The number of anilines is 1. The zero-order valence-electron chi connectivity index (χ0n) is 14.3. The maximum atomic E-state index is 12.9. The van der Waals surface area contributed by atoms with E-state index in [2.05, 4.69) is 10.3 Å². The zero-order valence-corrected chi connectivity index (χ0v) is 14.3. The third-order valence-electron chi connectivity index (χ3n) is 3.42. The van der Waals surface area contributed by atoms with Gasteiger partial charge < -0.3 is 14.8 Å². The lowest BCUT2D eigenvalue weighted by Gasteiger charge is -2.15. The van der Waals surface area contributed by atoms with E-state index in [4.69, 9.17) is 9.47 Å². The van der Waals surface area contributed by atoms with Crippen LogP contribution >= 0.6 is 0 Å². The Bertz CT molecular complexity index is 819. The molecule has 5 nitrogen and oxygen atoms in total. The minimum Gasteiger partial charge on any atom is -0.489 e. The summed E-state index contributed by atoms with van der Waals surface area (Å²) in [5.41, 5.74) is -2.80. The molecule has 0 fully saturated rings. The van der Waals surface area contributed by atoms with Crippen LogP contribution in [0.5, 0.6) is 5.75 Å². The average Bonchev–Trinajstić information content (AvgIpc) is 2.61. The van der Waals surface area contributed by atoms with Gasteiger partial charge in [0.05, 0.1) is 23.4 Å². The third-order valence-corrected chi connectivity index (χ3v) is 3.42. The lowest BCUT2D eigenvalue weighted by molar-refractivity contribution is -0.141. The molecule has 0 aliphatic heterocycles. The number of methoxy groups -OCH3 is 1. The SMILES string of the molecule is COCCOc1ccc(C(F)(F)F)cc1NC(=O)c1ccc(C(F)(F)F)nc1. The smallest absolute Gasteiger partial charge is 0.433 e. The molecule has 0 saturated heterocycles. The van der Waals surface area contributed by atoms with E-state index in [0.29, 0.717) is 18.3 Å². The molecule has 1 N–H and O–H groups in total. The van der Waals surface area contributed by atoms with Crippen LogP contribution in [0, 0.1) is 0 Å². The number of benzene rings is 1. The highest BCUT2D eigenvalue weighted by molar-refractivity contribution is 6.04. The normalized spacial score (nSPS) is 12.0. The van der Waals surface area contributed by atoms with Crippen LogP contribution in [-0.2, 0) is 17.1 Å². The second kappa shape index (κ2) is 8.46. The van der Waals surface area contributed by atoms with Gasteiger partial charge >= 0.3 is 12.4 Å². The number of pyridine rings is 1. The van der Waals surface area contributed by atoms with Gasteiger partial charge in [-0.1, -0.05) is 0 Å². The number of carbonyl (C=O) groups is 1. The molecule has 152 valence electrons. The van der Waals surface area contributed by atoms with Crippen molar-refractivity contribution in [1.82, 2.24) is 4.98 Å². The van der Waals surface area contributed by atoms with Crippen molar-refractivity contribution < 1.29 is 40.6 Å². The molecule has 0 saturated carbocycles. The van der Waals surface area contributed by atoms with Gasteiger partial charge in [0.15, 0.2) is 0 Å². The van der Waals surface area contributed by atoms with Gasteiger partial charge in [-0.15, -0.1) is 0 Å². The third kappa shape index (κ3) is 5.59. The molecule has 2 aromatic rings. The summed E-state index contributed by atoms with van der Waals surface area (Å²) in [7, 11) is 1.40. The highest BCUT2D eigenvalue weighted by Crippen LogP contribution is 2.35. The highest BCUT2D eigenvalue weighted by atomic mass is 19.4. The number of amides is 1. The fourth-order valence-electron chi connectivity index (χ4n) is 2.06. The van der Waals surface area contributed by atoms with Crippen LogP contribution < -0.4 is 10.1 Å². The molecule has 1 aromatic heterocycles. The molecule has 0 aliphatic rings. The lowest BCUT2D eigenvalue weighted by atomic mass is 10.1. The van der Waals surface area contributed by atoms with Crippen molar-refractivity contribution in [2.45, 2.75) is 12.4 Å². The van der Waals surface area contributed by atoms with Crippen molar-refractivity contribution in [3.63, 3.8) is 0 Å². The number of nitrogens with one attached hydrogen (secondary N) is 1. The van der Waals surface area contributed by atoms with Crippen molar-refractivity contribution in [2.24, 2.45) is 0 Å². The Balaban J connectivity index is 2.27. The van der Waals surface area contributed by atoms with Gasteiger partial charge in [-0.3, -0.25) is 9.78 Å². The second-order valence-electron chi connectivity index (χ2n) is 5.43. The van der Waals surface area contributed by atoms with Crippen LogP contribution in [0.2, 0.25) is 0 Å². The minimum absolute atomic E-state index is 0.00652. The van der Waals surface area contributed by atoms with Crippen molar-refractivity contribution >= 4 is 11.6 Å². The number of nitrogens with zero attached hydrogens (tertiary/aromatic N) is 1. The minimum atomic E-state index is -4.68. The second-order valence-corrected chi connectivity index (χ2v) is 5.43. The number of aromatic nitrogens is 1. The molecular formula is C17H14F6N2O3. The van der Waals surface area contributed by atoms with E-state index in [1.54, 1.807) is 0 Å². The van der Waals surface area contributed by atoms with E-state index in [-0.39, 0.29) is 30.2 Å². The van der Waals surface area contributed by atoms with E-state index in [0.717, 1.165) is 18.2 Å². The van der Waals surface area contributed by atoms with Crippen molar-refractivity contribution in [1.29, 1.82) is 0 Å². The number of hydrogen-bond donors (Lipinski definition) is 1. The van der Waals surface area contributed by atoms with Gasteiger partial charge in [-0.05, 0) is 30.3 Å². The molecule has 0 atom stereocenters. The monoisotopic (exact) mass is 408 g/mol. The van der Waals surface area contributed by atoms with Gasteiger partial charge in [0.2, 0.25) is 0 Å². The number of carbonyl (C=O) groups excluding carboxylic acids is 1. The molecule has 0 spiro atoms. The first-order valence-corrected chi connectivity index (χ1v) is 7.70. The number of alkyl halides is 6. The van der Waals surface area contributed by atoms with Gasteiger partial charge in [0.1, 0.15) is 18.1 Å². The maximum Gasteiger partial charge on any atom is 0.433 e. The largest absolute Gasteiger partial charge is 0.489 e. The lowest BCUT2D eigenvalue weighted by Crippen LogP contribution is -2.16. The van der Waals surface area contributed by atoms with E-state index < -0.39 is 29.5 Å². The first-order chi connectivity index (χ1) is 13.0. The zero-order chi connectivity index (χ0) is 20.9. The molecular weight excluding hydrogens is 394 g/mol. The van der Waals surface area contributed by atoms with Crippen LogP contribution in [0.4, 0.5) is 32.0 Å². The summed E-state index contributed by atoms with van der Waals surface area (Å²) in [6.45, 7) is 0.157. The van der Waals surface area contributed by atoms with Crippen molar-refractivity contribution in [3.8, 4) is 5.75 Å². The molecule has 0 aliphatic carbocycles. The molecule has 1 amide bonds. The summed E-state index contributed by atoms with van der Waals surface area (Å²) in [4.78, 5) is 15.4. The van der Waals surface area contributed by atoms with Crippen LogP contribution in [0.1, 0.15) is 21.6 Å². The summed E-state index contributed by atoms with van der Waals surface area (Å²) in [5, 5.41) is 2.20. The summed E-state index contributed by atoms with van der Waals surface area (Å²) in [5.74, 6) is -1.00. The summed E-state index contributed by atoms with van der Waals surface area (Å²) >= 11 is 0. The Morgan fingerprint density at radius 1 is 1.04 bits per heavy atom. The van der Waals surface area contributed by atoms with Gasteiger partial charge in [-0.2, -0.15) is 26.3 Å². The van der Waals surface area contributed by atoms with Gasteiger partial charge in [-0.25, -0.2) is 0 Å². The molecule has 0 radical (unpaired) electrons. The summed E-state index contributed by atoms with van der Waals surface area (Å²) in [6.07, 6.45) is -8.67. The Morgan fingerprint density at radius 3 is 2.29 bits per heavy atom. The van der Waals surface area contributed by atoms with E-state index >= 15 is 0 Å². The van der Waals surface area contributed by atoms with Crippen LogP contribution in [-0.4, -0.2) is 31.2 Å². The van der Waals surface area contributed by atoms with Crippen LogP contribution in [0.25, 0.3) is 0 Å². The van der Waals surface area contributed by atoms with E-state index in [1.807, 2.05) is 0 Å². The Labute approximate surface area is 155 Å². The standard InChI is InChI=1S/C17H14F6N2O3/c1-27-6-7-28-13-4-3-11(16(18,19)20)8-12(13)25-15(26)10-2-5-14(24-9-10)17(21,22)23/h2-5,8-9H,6-7H2,1H3,(H,25,26). The fraction of sp³-hybridized carbons (Fsp3) is 0.294. The number of rotatable bonds is 6. The molecule has 2 rings (SSSR count). The number of halogens is 6. The molecule has 1 heterocycles. The van der Waals surface area contributed by atoms with Gasteiger partial charge in [0, 0.05) is 13.3 Å². The quantitative estimate of drug-likeness (QED) is 0.569. The highest BCUT2D eigenvalue weighted by Gasteiger charge is 2.33.